The van der Waals surface area contributed by atoms with Gasteiger partial charge in [-0.05, 0) is 39.7 Å². The highest BCUT2D eigenvalue weighted by Gasteiger charge is 2.41. The number of fused-ring (bicyclic) bond motifs is 2. The fourth-order valence-corrected chi connectivity index (χ4v) is 3.05. The maximum absolute atomic E-state index is 9.59. The van der Waals surface area contributed by atoms with Gasteiger partial charge in [0.15, 0.2) is 0 Å². The molecule has 12 heavy (non-hydrogen) atoms. The van der Waals surface area contributed by atoms with Crippen LogP contribution in [0.4, 0.5) is 0 Å². The molecule has 2 rings (SSSR count). The smallest absolute Gasteiger partial charge is 0.0555 e. The molecule has 2 aliphatic rings. The van der Waals surface area contributed by atoms with E-state index in [2.05, 4.69) is 11.9 Å². The van der Waals surface area contributed by atoms with Crippen LogP contribution in [0.2, 0.25) is 0 Å². The highest BCUT2D eigenvalue weighted by atomic mass is 16.3. The van der Waals surface area contributed by atoms with E-state index in [0.717, 1.165) is 6.04 Å². The lowest BCUT2D eigenvalue weighted by atomic mass is 9.87. The van der Waals surface area contributed by atoms with Gasteiger partial charge in [-0.25, -0.2) is 0 Å². The molecule has 2 nitrogen and oxygen atoms in total. The summed E-state index contributed by atoms with van der Waals surface area (Å²) < 4.78 is 0. The summed E-state index contributed by atoms with van der Waals surface area (Å²) in [6.45, 7) is 1.94. The summed E-state index contributed by atoms with van der Waals surface area (Å²) in [4.78, 5) is 2.49. The number of aliphatic hydroxyl groups is 1. The van der Waals surface area contributed by atoms with Crippen molar-refractivity contribution in [2.24, 2.45) is 5.92 Å². The molecule has 0 spiro atoms. The topological polar surface area (TPSA) is 23.5 Å². The molecule has 70 valence electrons. The zero-order valence-corrected chi connectivity index (χ0v) is 8.03. The molecule has 2 aliphatic heterocycles. The first-order chi connectivity index (χ1) is 5.70. The summed E-state index contributed by atoms with van der Waals surface area (Å²) in [6.07, 6.45) is 5.07. The van der Waals surface area contributed by atoms with Gasteiger partial charge in [-0.15, -0.1) is 0 Å². The van der Waals surface area contributed by atoms with Crippen molar-refractivity contribution < 1.29 is 5.11 Å². The second-order valence-electron chi connectivity index (χ2n) is 4.45. The predicted molar refractivity (Wildman–Crippen MR) is 49.0 cm³/mol. The van der Waals surface area contributed by atoms with E-state index >= 15 is 0 Å². The molecule has 2 bridgehead atoms. The fraction of sp³-hybridized carbons (Fsp3) is 1.00. The van der Waals surface area contributed by atoms with E-state index < -0.39 is 0 Å². The van der Waals surface area contributed by atoms with Crippen LogP contribution in [-0.4, -0.2) is 35.2 Å². The Labute approximate surface area is 74.6 Å². The van der Waals surface area contributed by atoms with E-state index in [1.165, 1.54) is 25.7 Å². The Balaban J connectivity index is 2.09. The van der Waals surface area contributed by atoms with Crippen LogP contribution in [0.3, 0.4) is 0 Å². The lowest BCUT2D eigenvalue weighted by Gasteiger charge is -2.38. The Bertz CT molecular complexity index is 169. The molecule has 0 amide bonds. The van der Waals surface area contributed by atoms with Crippen LogP contribution in [0, 0.1) is 5.92 Å². The van der Waals surface area contributed by atoms with Crippen LogP contribution in [0.25, 0.3) is 0 Å². The minimum Gasteiger partial charge on any atom is -0.393 e. The minimum atomic E-state index is -0.114. The third kappa shape index (κ3) is 1.17. The van der Waals surface area contributed by atoms with E-state index in [4.69, 9.17) is 0 Å². The van der Waals surface area contributed by atoms with Gasteiger partial charge in [-0.3, -0.25) is 0 Å². The highest BCUT2D eigenvalue weighted by molar-refractivity contribution is 4.96. The first-order valence-electron chi connectivity index (χ1n) is 5.10. The second-order valence-corrected chi connectivity index (χ2v) is 4.45. The maximum Gasteiger partial charge on any atom is 0.0555 e. The number of hydrogen-bond acceptors (Lipinski definition) is 2. The molecular weight excluding hydrogens is 150 g/mol. The van der Waals surface area contributed by atoms with Crippen molar-refractivity contribution in [1.82, 2.24) is 4.90 Å². The Morgan fingerprint density at radius 3 is 2.58 bits per heavy atom. The molecule has 2 heterocycles. The number of piperidine rings is 1. The zero-order chi connectivity index (χ0) is 8.72. The third-order valence-corrected chi connectivity index (χ3v) is 3.84. The van der Waals surface area contributed by atoms with Gasteiger partial charge in [-0.2, -0.15) is 0 Å². The van der Waals surface area contributed by atoms with Crippen LogP contribution >= 0.6 is 0 Å². The average Bonchev–Trinajstić information content (AvgIpc) is 2.32. The molecule has 1 N–H and O–H groups in total. The molecule has 2 fully saturated rings. The Morgan fingerprint density at radius 1 is 1.25 bits per heavy atom. The van der Waals surface area contributed by atoms with E-state index in [9.17, 15) is 5.11 Å². The van der Waals surface area contributed by atoms with Crippen molar-refractivity contribution in [3.63, 3.8) is 0 Å². The van der Waals surface area contributed by atoms with Gasteiger partial charge in [0.05, 0.1) is 6.10 Å². The normalized spacial score (nSPS) is 44.8. The predicted octanol–water partition coefficient (Wildman–Crippen LogP) is 1.24. The maximum atomic E-state index is 9.59. The summed E-state index contributed by atoms with van der Waals surface area (Å²) in [7, 11) is 2.22. The van der Waals surface area contributed by atoms with Crippen molar-refractivity contribution in [2.45, 2.75) is 50.8 Å². The average molecular weight is 169 g/mol. The third-order valence-electron chi connectivity index (χ3n) is 3.84. The largest absolute Gasteiger partial charge is 0.393 e. The number of rotatable bonds is 1. The molecule has 0 aromatic rings. The molecule has 0 aliphatic carbocycles. The molecule has 2 saturated heterocycles. The summed E-state index contributed by atoms with van der Waals surface area (Å²) >= 11 is 0. The van der Waals surface area contributed by atoms with Crippen molar-refractivity contribution in [2.75, 3.05) is 7.05 Å². The Hall–Kier alpha value is -0.0800. The molecule has 2 heteroatoms. The first-order valence-corrected chi connectivity index (χ1v) is 5.10. The van der Waals surface area contributed by atoms with Gasteiger partial charge in [0.1, 0.15) is 0 Å². The monoisotopic (exact) mass is 169 g/mol. The van der Waals surface area contributed by atoms with Gasteiger partial charge in [0.2, 0.25) is 0 Å². The lowest BCUT2D eigenvalue weighted by Crippen LogP contribution is -2.45. The molecule has 0 saturated carbocycles. The minimum absolute atomic E-state index is 0.114. The van der Waals surface area contributed by atoms with Crippen molar-refractivity contribution in [1.29, 1.82) is 0 Å². The fourth-order valence-electron chi connectivity index (χ4n) is 3.05. The summed E-state index contributed by atoms with van der Waals surface area (Å²) in [6, 6.07) is 1.49. The molecule has 0 radical (unpaired) electrons. The van der Waals surface area contributed by atoms with Crippen LogP contribution in [0.15, 0.2) is 0 Å². The quantitative estimate of drug-likeness (QED) is 0.638. The van der Waals surface area contributed by atoms with Gasteiger partial charge in [0.25, 0.3) is 0 Å². The number of hydrogen-bond donors (Lipinski definition) is 1. The summed E-state index contributed by atoms with van der Waals surface area (Å²) in [5, 5.41) is 9.59. The Kier molecular flexibility index (Phi) is 2.13. The van der Waals surface area contributed by atoms with Gasteiger partial charge in [-0.1, -0.05) is 0 Å². The van der Waals surface area contributed by atoms with Crippen LogP contribution < -0.4 is 0 Å². The van der Waals surface area contributed by atoms with E-state index in [0.29, 0.717) is 12.0 Å². The van der Waals surface area contributed by atoms with Crippen LogP contribution in [0.1, 0.15) is 32.6 Å². The van der Waals surface area contributed by atoms with Crippen molar-refractivity contribution in [3.8, 4) is 0 Å². The van der Waals surface area contributed by atoms with E-state index in [1.807, 2.05) is 6.92 Å². The molecular formula is C10H19NO. The van der Waals surface area contributed by atoms with E-state index in [1.54, 1.807) is 0 Å². The second kappa shape index (κ2) is 3.00. The Morgan fingerprint density at radius 2 is 1.92 bits per heavy atom. The molecule has 0 aromatic heterocycles. The van der Waals surface area contributed by atoms with Gasteiger partial charge in [0, 0.05) is 18.0 Å². The highest BCUT2D eigenvalue weighted by Crippen LogP contribution is 2.39. The SMILES string of the molecule is C[C@@H](O)[C@@H]1CC[C@H]2CC[C@@H]1N2C. The molecule has 0 unspecified atom stereocenters. The van der Waals surface area contributed by atoms with Crippen molar-refractivity contribution in [3.05, 3.63) is 0 Å². The van der Waals surface area contributed by atoms with Crippen LogP contribution in [0.5, 0.6) is 0 Å². The lowest BCUT2D eigenvalue weighted by molar-refractivity contribution is 0.0294. The number of aliphatic hydroxyl groups excluding tert-OH is 1. The summed E-state index contributed by atoms with van der Waals surface area (Å²) in [5.74, 6) is 0.536. The van der Waals surface area contributed by atoms with Gasteiger partial charge < -0.3 is 10.0 Å². The molecule has 0 aromatic carbocycles. The summed E-state index contributed by atoms with van der Waals surface area (Å²) in [5.41, 5.74) is 0. The first kappa shape index (κ1) is 8.52. The molecule has 4 atom stereocenters. The number of nitrogens with zero attached hydrogens (tertiary/aromatic N) is 1. The van der Waals surface area contributed by atoms with Crippen LogP contribution in [-0.2, 0) is 0 Å². The zero-order valence-electron chi connectivity index (χ0n) is 8.03. The van der Waals surface area contributed by atoms with Crippen molar-refractivity contribution >= 4 is 0 Å². The van der Waals surface area contributed by atoms with Gasteiger partial charge >= 0.3 is 0 Å². The van der Waals surface area contributed by atoms with E-state index in [-0.39, 0.29) is 6.10 Å². The standard InChI is InChI=1S/C10H19NO/c1-7(12)9-5-3-8-4-6-10(9)11(8)2/h7-10,12H,3-6H2,1-2H3/t7-,8+,9+,10+/m1/s1.